The molecule has 2 amide bonds. The molecule has 8 nitrogen and oxygen atoms in total. The number of nitrogens with two attached hydrogens (primary N) is 1. The second-order valence-electron chi connectivity index (χ2n) is 9.32. The van der Waals surface area contributed by atoms with Crippen molar-refractivity contribution in [3.8, 4) is 0 Å². The van der Waals surface area contributed by atoms with Gasteiger partial charge in [0.1, 0.15) is 17.5 Å². The van der Waals surface area contributed by atoms with Gasteiger partial charge in [0.2, 0.25) is 5.95 Å². The highest BCUT2D eigenvalue weighted by atomic mass is 35.5. The van der Waals surface area contributed by atoms with Crippen molar-refractivity contribution in [1.29, 1.82) is 0 Å². The highest BCUT2D eigenvalue weighted by molar-refractivity contribution is 6.40. The summed E-state index contributed by atoms with van der Waals surface area (Å²) >= 11 is 6.33. The summed E-state index contributed by atoms with van der Waals surface area (Å²) in [6, 6.07) is 2.45. The van der Waals surface area contributed by atoms with E-state index in [-0.39, 0.29) is 40.5 Å². The molecule has 0 saturated carbocycles. The van der Waals surface area contributed by atoms with E-state index < -0.39 is 5.82 Å². The summed E-state index contributed by atoms with van der Waals surface area (Å²) in [5.41, 5.74) is 7.98. The molecule has 0 bridgehead atoms. The molecule has 0 fully saturated rings. The molecule has 11 heteroatoms. The number of carbonyl (C=O) groups is 1. The van der Waals surface area contributed by atoms with Gasteiger partial charge in [0.05, 0.1) is 17.3 Å². The minimum Gasteiger partial charge on any atom is -0.396 e. The lowest BCUT2D eigenvalue weighted by Crippen LogP contribution is -2.40. The van der Waals surface area contributed by atoms with E-state index in [1.807, 2.05) is 11.0 Å². The van der Waals surface area contributed by atoms with E-state index in [4.69, 9.17) is 17.3 Å². The van der Waals surface area contributed by atoms with Gasteiger partial charge in [0.15, 0.2) is 0 Å². The zero-order chi connectivity index (χ0) is 23.9. The van der Waals surface area contributed by atoms with Crippen molar-refractivity contribution in [3.05, 3.63) is 40.3 Å². The maximum absolute atomic E-state index is 13.8. The maximum Gasteiger partial charge on any atom is 0.324 e. The van der Waals surface area contributed by atoms with Crippen molar-refractivity contribution in [2.24, 2.45) is 10.4 Å². The first kappa shape index (κ1) is 25.7. The fourth-order valence-electron chi connectivity index (χ4n) is 3.68. The quantitative estimate of drug-likeness (QED) is 0.587. The number of nitrogen functional groups attached to an aromatic ring is 1. The Morgan fingerprint density at radius 2 is 2.09 bits per heavy atom. The number of aromatic nitrogens is 2. The van der Waals surface area contributed by atoms with Gasteiger partial charge in [0.25, 0.3) is 0 Å². The van der Waals surface area contributed by atoms with E-state index in [0.717, 1.165) is 17.6 Å². The maximum atomic E-state index is 13.8. The van der Waals surface area contributed by atoms with Gasteiger partial charge in [-0.2, -0.15) is 4.98 Å². The zero-order valence-electron chi connectivity index (χ0n) is 19.5. The summed E-state index contributed by atoms with van der Waals surface area (Å²) in [5, 5.41) is 3.15. The molecule has 1 aromatic heterocycles. The van der Waals surface area contributed by atoms with E-state index in [1.165, 1.54) is 17.0 Å². The lowest BCUT2D eigenvalue weighted by Gasteiger charge is -2.28. The third-order valence-corrected chi connectivity index (χ3v) is 5.87. The number of hydrogen-bond acceptors (Lipinski definition) is 6. The predicted octanol–water partition coefficient (Wildman–Crippen LogP) is 4.63. The minimum absolute atomic E-state index is 0. The summed E-state index contributed by atoms with van der Waals surface area (Å²) < 4.78 is 13.8. The van der Waals surface area contributed by atoms with Gasteiger partial charge in [-0.05, 0) is 30.0 Å². The van der Waals surface area contributed by atoms with Crippen LogP contribution in [0.5, 0.6) is 0 Å². The molecule has 3 heterocycles. The SMILES string of the molecule is CN(C(=O)NCCC(C)(C)C)c1ncc2c(n1)N1CCN=C1C(c1cc(N)c(F)cc1Cl)=C2.Cl. The van der Waals surface area contributed by atoms with Crippen LogP contribution < -0.4 is 20.9 Å². The number of aliphatic imine (C=N–C) groups is 1. The normalized spacial score (nSPS) is 14.5. The number of urea groups is 1. The molecule has 1 aromatic carbocycles. The lowest BCUT2D eigenvalue weighted by atomic mass is 9.92. The predicted molar refractivity (Wildman–Crippen MR) is 138 cm³/mol. The van der Waals surface area contributed by atoms with Gasteiger partial charge in [-0.15, -0.1) is 12.4 Å². The van der Waals surface area contributed by atoms with Crippen molar-refractivity contribution < 1.29 is 9.18 Å². The Labute approximate surface area is 209 Å². The highest BCUT2D eigenvalue weighted by Gasteiger charge is 2.32. The van der Waals surface area contributed by atoms with E-state index in [1.54, 1.807) is 13.2 Å². The Hall–Kier alpha value is -2.91. The van der Waals surface area contributed by atoms with E-state index in [9.17, 15) is 9.18 Å². The molecular formula is C23H28Cl2FN7O. The molecule has 2 aromatic rings. The van der Waals surface area contributed by atoms with Crippen LogP contribution in [0, 0.1) is 11.2 Å². The zero-order valence-corrected chi connectivity index (χ0v) is 21.1. The molecule has 0 radical (unpaired) electrons. The summed E-state index contributed by atoms with van der Waals surface area (Å²) in [6.45, 7) is 8.13. The molecule has 3 N–H and O–H groups in total. The molecular weight excluding hydrogens is 480 g/mol. The Bertz CT molecular complexity index is 1180. The first-order valence-corrected chi connectivity index (χ1v) is 11.1. The summed E-state index contributed by atoms with van der Waals surface area (Å²) in [5.74, 6) is 1.05. The fraction of sp³-hybridized carbons (Fsp3) is 0.391. The average Bonchev–Trinajstić information content (AvgIpc) is 3.24. The van der Waals surface area contributed by atoms with Crippen molar-refractivity contribution in [1.82, 2.24) is 15.3 Å². The molecule has 4 rings (SSSR count). The van der Waals surface area contributed by atoms with Crippen LogP contribution in [0.3, 0.4) is 0 Å². The Balaban J connectivity index is 0.00000324. The number of hydrogen-bond donors (Lipinski definition) is 2. The summed E-state index contributed by atoms with van der Waals surface area (Å²) in [6.07, 6.45) is 4.38. The third-order valence-electron chi connectivity index (χ3n) is 5.55. The van der Waals surface area contributed by atoms with Gasteiger partial charge in [0, 0.05) is 43.0 Å². The number of amides is 2. The Morgan fingerprint density at radius 1 is 1.35 bits per heavy atom. The second kappa shape index (κ2) is 9.76. The van der Waals surface area contributed by atoms with Crippen molar-refractivity contribution >= 4 is 65.0 Å². The number of nitrogens with zero attached hydrogens (tertiary/aromatic N) is 5. The topological polar surface area (TPSA) is 99.7 Å². The van der Waals surface area contributed by atoms with E-state index >= 15 is 0 Å². The molecule has 2 aliphatic heterocycles. The third kappa shape index (κ3) is 5.10. The van der Waals surface area contributed by atoms with Gasteiger partial charge in [-0.25, -0.2) is 14.2 Å². The first-order valence-electron chi connectivity index (χ1n) is 10.7. The Morgan fingerprint density at radius 3 is 2.79 bits per heavy atom. The van der Waals surface area contributed by atoms with E-state index in [2.05, 4.69) is 41.0 Å². The number of nitrogens with one attached hydrogen (secondary N) is 1. The van der Waals surface area contributed by atoms with Gasteiger partial charge in [-0.1, -0.05) is 32.4 Å². The van der Waals surface area contributed by atoms with E-state index in [0.29, 0.717) is 36.9 Å². The first-order chi connectivity index (χ1) is 15.5. The van der Waals surface area contributed by atoms with Gasteiger partial charge < -0.3 is 16.0 Å². The standard InChI is InChI=1S/C23H27ClFN7O.ClH/c1-23(2,3)5-6-28-22(33)31(4)21-29-12-13-9-15(14-10-18(26)17(25)11-16(14)24)20-27-7-8-32(20)19(13)30-21;/h9-12H,5-8,26H2,1-4H3,(H,28,33);1H. The molecule has 0 unspecified atom stereocenters. The molecule has 0 spiro atoms. The number of carbonyl (C=O) groups excluding carboxylic acids is 1. The molecule has 34 heavy (non-hydrogen) atoms. The van der Waals surface area contributed by atoms with Crippen LogP contribution in [-0.4, -0.2) is 48.5 Å². The molecule has 182 valence electrons. The molecule has 0 aliphatic carbocycles. The number of halogens is 3. The molecule has 2 aliphatic rings. The largest absolute Gasteiger partial charge is 0.396 e. The molecule has 0 atom stereocenters. The molecule has 0 saturated heterocycles. The second-order valence-corrected chi connectivity index (χ2v) is 9.73. The van der Waals surface area contributed by atoms with Crippen LogP contribution >= 0.6 is 24.0 Å². The van der Waals surface area contributed by atoms with Crippen LogP contribution in [-0.2, 0) is 0 Å². The fourth-order valence-corrected chi connectivity index (χ4v) is 3.93. The lowest BCUT2D eigenvalue weighted by molar-refractivity contribution is 0.245. The number of fused-ring (bicyclic) bond motifs is 3. The number of benzene rings is 1. The van der Waals surface area contributed by atoms with Crippen LogP contribution in [0.2, 0.25) is 5.02 Å². The number of anilines is 3. The van der Waals surface area contributed by atoms with Crippen molar-refractivity contribution in [3.63, 3.8) is 0 Å². The van der Waals surface area contributed by atoms with Crippen LogP contribution in [0.4, 0.5) is 26.6 Å². The van der Waals surface area contributed by atoms with Gasteiger partial charge in [-0.3, -0.25) is 9.89 Å². The smallest absolute Gasteiger partial charge is 0.324 e. The van der Waals surface area contributed by atoms with Crippen LogP contribution in [0.15, 0.2) is 23.3 Å². The Kier molecular flexibility index (Phi) is 7.38. The monoisotopic (exact) mass is 507 g/mol. The summed E-state index contributed by atoms with van der Waals surface area (Å²) in [4.78, 5) is 29.6. The van der Waals surface area contributed by atoms with Crippen molar-refractivity contribution in [2.45, 2.75) is 27.2 Å². The van der Waals surface area contributed by atoms with Crippen LogP contribution in [0.25, 0.3) is 11.6 Å². The number of amidine groups is 1. The van der Waals surface area contributed by atoms with Crippen LogP contribution in [0.1, 0.15) is 38.3 Å². The number of rotatable bonds is 4. The van der Waals surface area contributed by atoms with Gasteiger partial charge >= 0.3 is 6.03 Å². The average molecular weight is 508 g/mol. The minimum atomic E-state index is -0.567. The highest BCUT2D eigenvalue weighted by Crippen LogP contribution is 2.38. The summed E-state index contributed by atoms with van der Waals surface area (Å²) in [7, 11) is 1.64. The van der Waals surface area contributed by atoms with Crippen molar-refractivity contribution in [2.75, 3.05) is 42.2 Å².